The van der Waals surface area contributed by atoms with Gasteiger partial charge in [-0.05, 0) is 45.0 Å². The first kappa shape index (κ1) is 24.6. The molecule has 1 atom stereocenters. The Bertz CT molecular complexity index is 1220. The van der Waals surface area contributed by atoms with Crippen molar-refractivity contribution in [3.8, 4) is 0 Å². The van der Waals surface area contributed by atoms with Crippen molar-refractivity contribution in [1.82, 2.24) is 9.71 Å². The van der Waals surface area contributed by atoms with E-state index in [1.807, 2.05) is 38.1 Å². The summed E-state index contributed by atoms with van der Waals surface area (Å²) in [7, 11) is -3.85. The lowest BCUT2D eigenvalue weighted by atomic mass is 10.2. The lowest BCUT2D eigenvalue weighted by Gasteiger charge is -2.13. The number of nitrogens with one attached hydrogen (secondary N) is 2. The number of carbonyl (C=O) groups excluding carboxylic acids is 2. The third-order valence-electron chi connectivity index (χ3n) is 4.63. The van der Waals surface area contributed by atoms with Crippen LogP contribution in [0.3, 0.4) is 0 Å². The molecule has 1 amide bonds. The van der Waals surface area contributed by atoms with E-state index in [0.29, 0.717) is 16.4 Å². The van der Waals surface area contributed by atoms with Crippen molar-refractivity contribution in [2.75, 3.05) is 5.32 Å². The Morgan fingerprint density at radius 2 is 1.64 bits per heavy atom. The number of rotatable bonds is 9. The molecule has 0 radical (unpaired) electrons. The minimum Gasteiger partial charge on any atom is -0.458 e. The van der Waals surface area contributed by atoms with E-state index in [0.717, 1.165) is 11.1 Å². The van der Waals surface area contributed by atoms with Crippen molar-refractivity contribution < 1.29 is 22.7 Å². The predicted octanol–water partition coefficient (Wildman–Crippen LogP) is 3.35. The van der Waals surface area contributed by atoms with Crippen LogP contribution in [0.15, 0.2) is 58.8 Å². The molecule has 33 heavy (non-hydrogen) atoms. The Hall–Kier alpha value is -3.08. The minimum absolute atomic E-state index is 0.0702. The molecule has 2 N–H and O–H groups in total. The number of nitrogens with zero attached hydrogens (tertiary/aromatic N) is 1. The van der Waals surface area contributed by atoms with E-state index in [9.17, 15) is 18.0 Å². The smallest absolute Gasteiger partial charge is 0.324 e. The van der Waals surface area contributed by atoms with Gasteiger partial charge in [-0.3, -0.25) is 9.59 Å². The van der Waals surface area contributed by atoms with Gasteiger partial charge >= 0.3 is 5.97 Å². The molecule has 1 heterocycles. The standard InChI is InChI=1S/C23H25N3O5S2/c1-15-4-8-18(9-5-15)24-21(27)12-22-25-19(14-32-22)13-31-23(28)17(3)26-33(29,30)20-10-6-16(2)7-11-20/h4-11,14,17,26H,12-13H2,1-3H3,(H,24,27). The Labute approximate surface area is 197 Å². The van der Waals surface area contributed by atoms with Crippen LogP contribution in [0.2, 0.25) is 0 Å². The monoisotopic (exact) mass is 487 g/mol. The lowest BCUT2D eigenvalue weighted by Crippen LogP contribution is -2.39. The molecule has 10 heteroatoms. The highest BCUT2D eigenvalue weighted by Crippen LogP contribution is 2.15. The molecular formula is C23H25N3O5S2. The molecule has 3 aromatic rings. The average molecular weight is 488 g/mol. The van der Waals surface area contributed by atoms with E-state index in [-0.39, 0.29) is 23.8 Å². The second-order valence-electron chi connectivity index (χ2n) is 7.59. The Morgan fingerprint density at radius 3 is 2.27 bits per heavy atom. The number of thiazole rings is 1. The minimum atomic E-state index is -3.85. The second-order valence-corrected chi connectivity index (χ2v) is 10.2. The zero-order valence-corrected chi connectivity index (χ0v) is 20.1. The lowest BCUT2D eigenvalue weighted by molar-refractivity contribution is -0.146. The zero-order chi connectivity index (χ0) is 24.0. The number of hydrogen-bond donors (Lipinski definition) is 2. The van der Waals surface area contributed by atoms with Crippen LogP contribution in [-0.2, 0) is 37.4 Å². The highest BCUT2D eigenvalue weighted by atomic mass is 32.2. The van der Waals surface area contributed by atoms with E-state index < -0.39 is 22.0 Å². The molecule has 0 fully saturated rings. The van der Waals surface area contributed by atoms with E-state index in [1.165, 1.54) is 30.4 Å². The van der Waals surface area contributed by atoms with Crippen LogP contribution in [-0.4, -0.2) is 31.3 Å². The zero-order valence-electron chi connectivity index (χ0n) is 18.5. The fourth-order valence-electron chi connectivity index (χ4n) is 2.81. The Kier molecular flexibility index (Phi) is 7.96. The maximum atomic E-state index is 12.4. The third-order valence-corrected chi connectivity index (χ3v) is 7.08. The number of esters is 1. The summed E-state index contributed by atoms with van der Waals surface area (Å²) in [6.07, 6.45) is 0.0965. The third kappa shape index (κ3) is 7.21. The molecule has 1 aromatic heterocycles. The number of benzene rings is 2. The van der Waals surface area contributed by atoms with Crippen molar-refractivity contribution in [2.45, 2.75) is 44.7 Å². The van der Waals surface area contributed by atoms with Crippen LogP contribution in [0.4, 0.5) is 5.69 Å². The summed E-state index contributed by atoms with van der Waals surface area (Å²) in [6.45, 7) is 5.11. The Balaban J connectivity index is 1.48. The van der Waals surface area contributed by atoms with Crippen LogP contribution in [0.25, 0.3) is 0 Å². The molecule has 8 nitrogen and oxygen atoms in total. The number of sulfonamides is 1. The molecule has 2 aromatic carbocycles. The van der Waals surface area contributed by atoms with Gasteiger partial charge in [-0.15, -0.1) is 11.3 Å². The van der Waals surface area contributed by atoms with E-state index in [1.54, 1.807) is 17.5 Å². The quantitative estimate of drug-likeness (QED) is 0.448. The molecule has 174 valence electrons. The van der Waals surface area contributed by atoms with Gasteiger partial charge in [0.05, 0.1) is 17.0 Å². The van der Waals surface area contributed by atoms with Gasteiger partial charge in [-0.25, -0.2) is 13.4 Å². The van der Waals surface area contributed by atoms with E-state index >= 15 is 0 Å². The van der Waals surface area contributed by atoms with Gasteiger partial charge in [-0.1, -0.05) is 35.4 Å². The van der Waals surface area contributed by atoms with Crippen molar-refractivity contribution in [3.05, 3.63) is 75.7 Å². The maximum absolute atomic E-state index is 12.4. The van der Waals surface area contributed by atoms with Crippen LogP contribution >= 0.6 is 11.3 Å². The number of carbonyl (C=O) groups is 2. The molecular weight excluding hydrogens is 462 g/mol. The first-order valence-corrected chi connectivity index (χ1v) is 12.5. The summed E-state index contributed by atoms with van der Waals surface area (Å²) in [5, 5.41) is 5.09. The van der Waals surface area contributed by atoms with Crippen molar-refractivity contribution >= 4 is 38.9 Å². The first-order chi connectivity index (χ1) is 15.6. The number of anilines is 1. The second kappa shape index (κ2) is 10.7. The van der Waals surface area contributed by atoms with Crippen LogP contribution < -0.4 is 10.0 Å². The predicted molar refractivity (Wildman–Crippen MR) is 126 cm³/mol. The molecule has 0 saturated heterocycles. The fraction of sp³-hybridized carbons (Fsp3) is 0.261. The number of amides is 1. The number of hydrogen-bond acceptors (Lipinski definition) is 7. The van der Waals surface area contributed by atoms with Crippen LogP contribution in [0.1, 0.15) is 28.8 Å². The SMILES string of the molecule is Cc1ccc(NC(=O)Cc2nc(COC(=O)C(C)NS(=O)(=O)c3ccc(C)cc3)cs2)cc1. The number of ether oxygens (including phenoxy) is 1. The van der Waals surface area contributed by atoms with Gasteiger partial charge in [0.25, 0.3) is 0 Å². The van der Waals surface area contributed by atoms with Gasteiger partial charge in [0, 0.05) is 11.1 Å². The van der Waals surface area contributed by atoms with Crippen molar-refractivity contribution in [2.24, 2.45) is 0 Å². The molecule has 0 bridgehead atoms. The maximum Gasteiger partial charge on any atom is 0.324 e. The van der Waals surface area contributed by atoms with Gasteiger partial charge in [0.1, 0.15) is 17.7 Å². The molecule has 1 unspecified atom stereocenters. The molecule has 0 spiro atoms. The normalized spacial score (nSPS) is 12.2. The summed E-state index contributed by atoms with van der Waals surface area (Å²) < 4.78 is 32.3. The largest absolute Gasteiger partial charge is 0.458 e. The molecule has 0 aliphatic carbocycles. The topological polar surface area (TPSA) is 114 Å². The average Bonchev–Trinajstić information content (AvgIpc) is 3.20. The van der Waals surface area contributed by atoms with Crippen molar-refractivity contribution in [1.29, 1.82) is 0 Å². The van der Waals surface area contributed by atoms with Gasteiger partial charge < -0.3 is 10.1 Å². The molecule has 3 rings (SSSR count). The van der Waals surface area contributed by atoms with E-state index in [4.69, 9.17) is 4.74 Å². The van der Waals surface area contributed by atoms with Crippen molar-refractivity contribution in [3.63, 3.8) is 0 Å². The molecule has 0 aliphatic heterocycles. The molecule has 0 aliphatic rings. The summed E-state index contributed by atoms with van der Waals surface area (Å²) in [6, 6.07) is 12.7. The fourth-order valence-corrected chi connectivity index (χ4v) is 4.78. The van der Waals surface area contributed by atoms with E-state index in [2.05, 4.69) is 15.0 Å². The van der Waals surface area contributed by atoms with Gasteiger partial charge in [0.2, 0.25) is 15.9 Å². The number of aromatic nitrogens is 1. The summed E-state index contributed by atoms with van der Waals surface area (Å²) >= 11 is 1.28. The summed E-state index contributed by atoms with van der Waals surface area (Å²) in [4.78, 5) is 28.8. The van der Waals surface area contributed by atoms with Crippen LogP contribution in [0.5, 0.6) is 0 Å². The van der Waals surface area contributed by atoms with Crippen LogP contribution in [0, 0.1) is 13.8 Å². The molecule has 0 saturated carbocycles. The highest BCUT2D eigenvalue weighted by molar-refractivity contribution is 7.89. The van der Waals surface area contributed by atoms with Gasteiger partial charge in [-0.2, -0.15) is 4.72 Å². The summed E-state index contributed by atoms with van der Waals surface area (Å²) in [5.74, 6) is -0.923. The summed E-state index contributed by atoms with van der Waals surface area (Å²) in [5.41, 5.74) is 3.22. The van der Waals surface area contributed by atoms with Gasteiger partial charge in [0.15, 0.2) is 0 Å². The number of aryl methyl sites for hydroxylation is 2. The first-order valence-electron chi connectivity index (χ1n) is 10.2. The highest BCUT2D eigenvalue weighted by Gasteiger charge is 2.23. The Morgan fingerprint density at radius 1 is 1.03 bits per heavy atom.